The van der Waals surface area contributed by atoms with Gasteiger partial charge in [-0.25, -0.2) is 0 Å². The molecule has 2 saturated carbocycles. The van der Waals surface area contributed by atoms with E-state index < -0.39 is 0 Å². The molecule has 2 N–H and O–H groups in total. The molecular formula is C14H28N2. The van der Waals surface area contributed by atoms with Crippen LogP contribution in [0.2, 0.25) is 0 Å². The molecule has 94 valence electrons. The lowest BCUT2D eigenvalue weighted by atomic mass is 9.78. The Morgan fingerprint density at radius 1 is 1.25 bits per heavy atom. The van der Waals surface area contributed by atoms with E-state index in [1.807, 2.05) is 0 Å². The first-order valence-electron chi connectivity index (χ1n) is 7.11. The van der Waals surface area contributed by atoms with E-state index in [1.54, 1.807) is 0 Å². The zero-order valence-corrected chi connectivity index (χ0v) is 11.0. The van der Waals surface area contributed by atoms with Crippen LogP contribution in [0.3, 0.4) is 0 Å². The summed E-state index contributed by atoms with van der Waals surface area (Å²) in [6.07, 6.45) is 8.54. The van der Waals surface area contributed by atoms with Gasteiger partial charge in [0.2, 0.25) is 0 Å². The summed E-state index contributed by atoms with van der Waals surface area (Å²) in [5, 5.41) is 0. The van der Waals surface area contributed by atoms with Gasteiger partial charge in [-0.3, -0.25) is 0 Å². The van der Waals surface area contributed by atoms with Crippen LogP contribution >= 0.6 is 0 Å². The van der Waals surface area contributed by atoms with E-state index in [2.05, 4.69) is 18.9 Å². The molecule has 0 saturated heterocycles. The van der Waals surface area contributed by atoms with Gasteiger partial charge in [0.05, 0.1) is 0 Å². The molecule has 0 aliphatic heterocycles. The summed E-state index contributed by atoms with van der Waals surface area (Å²) in [4.78, 5) is 2.56. The minimum Gasteiger partial charge on any atom is -0.329 e. The molecular weight excluding hydrogens is 196 g/mol. The van der Waals surface area contributed by atoms with Crippen molar-refractivity contribution in [1.29, 1.82) is 0 Å². The Bertz CT molecular complexity index is 213. The average Bonchev–Trinajstić information content (AvgIpc) is 3.03. The maximum Gasteiger partial charge on any atom is 0.0243 e. The molecule has 3 unspecified atom stereocenters. The van der Waals surface area contributed by atoms with Crippen molar-refractivity contribution in [3.8, 4) is 0 Å². The summed E-state index contributed by atoms with van der Waals surface area (Å²) in [7, 11) is 2.29. The predicted molar refractivity (Wildman–Crippen MR) is 69.3 cm³/mol. The second-order valence-corrected chi connectivity index (χ2v) is 6.22. The second kappa shape index (κ2) is 5.50. The first-order chi connectivity index (χ1) is 7.70. The van der Waals surface area contributed by atoms with E-state index in [0.717, 1.165) is 24.3 Å². The summed E-state index contributed by atoms with van der Waals surface area (Å²) >= 11 is 0. The maximum absolute atomic E-state index is 6.00. The maximum atomic E-state index is 6.00. The number of likely N-dealkylation sites (N-methyl/N-ethyl adjacent to an activating group) is 1. The van der Waals surface area contributed by atoms with Crippen molar-refractivity contribution in [3.63, 3.8) is 0 Å². The molecule has 0 bridgehead atoms. The van der Waals surface area contributed by atoms with Crippen LogP contribution < -0.4 is 5.73 Å². The molecule has 2 fully saturated rings. The lowest BCUT2D eigenvalue weighted by Gasteiger charge is -2.38. The lowest BCUT2D eigenvalue weighted by molar-refractivity contribution is 0.126. The van der Waals surface area contributed by atoms with Crippen LogP contribution in [0.15, 0.2) is 0 Å². The van der Waals surface area contributed by atoms with Gasteiger partial charge in [0, 0.05) is 19.1 Å². The zero-order chi connectivity index (χ0) is 11.5. The third-order valence-electron chi connectivity index (χ3n) is 4.57. The Morgan fingerprint density at radius 2 is 2.00 bits per heavy atom. The Hall–Kier alpha value is -0.0800. The van der Waals surface area contributed by atoms with Crippen LogP contribution in [0.25, 0.3) is 0 Å². The molecule has 0 aromatic rings. The van der Waals surface area contributed by atoms with E-state index >= 15 is 0 Å². The van der Waals surface area contributed by atoms with Gasteiger partial charge < -0.3 is 10.6 Å². The van der Waals surface area contributed by atoms with Crippen LogP contribution in [0.5, 0.6) is 0 Å². The number of hydrogen-bond donors (Lipinski definition) is 1. The highest BCUT2D eigenvalue weighted by Gasteiger charge is 2.31. The topological polar surface area (TPSA) is 29.3 Å². The van der Waals surface area contributed by atoms with Crippen LogP contribution in [0.4, 0.5) is 0 Å². The summed E-state index contributed by atoms with van der Waals surface area (Å²) in [6, 6.07) is 0.642. The first-order valence-corrected chi connectivity index (χ1v) is 7.11. The molecule has 0 amide bonds. The minimum atomic E-state index is 0.642. The smallest absolute Gasteiger partial charge is 0.0243 e. The number of nitrogens with zero attached hydrogens (tertiary/aromatic N) is 1. The molecule has 0 aromatic carbocycles. The van der Waals surface area contributed by atoms with Gasteiger partial charge in [0.1, 0.15) is 0 Å². The summed E-state index contributed by atoms with van der Waals surface area (Å²) in [5.74, 6) is 2.76. The zero-order valence-electron chi connectivity index (χ0n) is 11.0. The van der Waals surface area contributed by atoms with Gasteiger partial charge in [-0.2, -0.15) is 0 Å². The van der Waals surface area contributed by atoms with E-state index in [1.165, 1.54) is 45.1 Å². The molecule has 2 aliphatic rings. The van der Waals surface area contributed by atoms with Gasteiger partial charge in [0.25, 0.3) is 0 Å². The highest BCUT2D eigenvalue weighted by Crippen LogP contribution is 2.34. The van der Waals surface area contributed by atoms with Crippen molar-refractivity contribution in [2.75, 3.05) is 20.1 Å². The van der Waals surface area contributed by atoms with E-state index in [9.17, 15) is 0 Å². The van der Waals surface area contributed by atoms with Crippen molar-refractivity contribution in [2.45, 2.75) is 51.5 Å². The highest BCUT2D eigenvalue weighted by atomic mass is 15.1. The molecule has 0 spiro atoms. The van der Waals surface area contributed by atoms with E-state index in [4.69, 9.17) is 5.73 Å². The standard InChI is InChI=1S/C14H28N2/c1-11-4-3-5-13(8-11)14(9-15)16(2)10-12-6-7-12/h11-14H,3-10,15H2,1-2H3. The average molecular weight is 224 g/mol. The molecule has 16 heavy (non-hydrogen) atoms. The molecule has 2 rings (SSSR count). The number of hydrogen-bond acceptors (Lipinski definition) is 2. The fourth-order valence-electron chi connectivity index (χ4n) is 3.41. The fourth-order valence-corrected chi connectivity index (χ4v) is 3.41. The Labute approximate surface area is 101 Å². The Kier molecular flexibility index (Phi) is 4.26. The van der Waals surface area contributed by atoms with E-state index in [0.29, 0.717) is 6.04 Å². The Balaban J connectivity index is 1.86. The van der Waals surface area contributed by atoms with Gasteiger partial charge in [-0.15, -0.1) is 0 Å². The first kappa shape index (κ1) is 12.4. The normalized spacial score (nSPS) is 33.0. The molecule has 2 heteroatoms. The monoisotopic (exact) mass is 224 g/mol. The molecule has 2 aliphatic carbocycles. The largest absolute Gasteiger partial charge is 0.329 e. The number of rotatable bonds is 5. The van der Waals surface area contributed by atoms with Crippen molar-refractivity contribution in [1.82, 2.24) is 4.90 Å². The van der Waals surface area contributed by atoms with E-state index in [-0.39, 0.29) is 0 Å². The van der Waals surface area contributed by atoms with Crippen molar-refractivity contribution in [3.05, 3.63) is 0 Å². The molecule has 2 nitrogen and oxygen atoms in total. The SMILES string of the molecule is CC1CCCC(C(CN)N(C)CC2CC2)C1. The van der Waals surface area contributed by atoms with Crippen LogP contribution in [0, 0.1) is 17.8 Å². The third-order valence-corrected chi connectivity index (χ3v) is 4.57. The minimum absolute atomic E-state index is 0.642. The van der Waals surface area contributed by atoms with Crippen molar-refractivity contribution >= 4 is 0 Å². The quantitative estimate of drug-likeness (QED) is 0.777. The van der Waals surface area contributed by atoms with Gasteiger partial charge >= 0.3 is 0 Å². The fraction of sp³-hybridized carbons (Fsp3) is 1.00. The van der Waals surface area contributed by atoms with Crippen molar-refractivity contribution in [2.24, 2.45) is 23.5 Å². The van der Waals surface area contributed by atoms with Crippen LogP contribution in [-0.4, -0.2) is 31.1 Å². The summed E-state index contributed by atoms with van der Waals surface area (Å²) < 4.78 is 0. The summed E-state index contributed by atoms with van der Waals surface area (Å²) in [6.45, 7) is 4.54. The molecule has 0 radical (unpaired) electrons. The summed E-state index contributed by atoms with van der Waals surface area (Å²) in [5.41, 5.74) is 6.00. The second-order valence-electron chi connectivity index (χ2n) is 6.22. The molecule has 0 aromatic heterocycles. The van der Waals surface area contributed by atoms with Crippen LogP contribution in [0.1, 0.15) is 45.4 Å². The predicted octanol–water partition coefficient (Wildman–Crippen LogP) is 2.48. The lowest BCUT2D eigenvalue weighted by Crippen LogP contribution is -2.45. The molecule has 3 atom stereocenters. The highest BCUT2D eigenvalue weighted by molar-refractivity contribution is 4.86. The van der Waals surface area contributed by atoms with Gasteiger partial charge in [-0.1, -0.05) is 19.8 Å². The Morgan fingerprint density at radius 3 is 2.56 bits per heavy atom. The van der Waals surface area contributed by atoms with Crippen LogP contribution in [-0.2, 0) is 0 Å². The third kappa shape index (κ3) is 3.21. The molecule has 0 heterocycles. The van der Waals surface area contributed by atoms with Gasteiger partial charge in [-0.05, 0) is 50.5 Å². The van der Waals surface area contributed by atoms with Gasteiger partial charge in [0.15, 0.2) is 0 Å². The van der Waals surface area contributed by atoms with Crippen molar-refractivity contribution < 1.29 is 0 Å². The number of nitrogens with two attached hydrogens (primary N) is 1.